The van der Waals surface area contributed by atoms with Crippen molar-refractivity contribution in [3.05, 3.63) is 89.5 Å². The molecule has 5 rings (SSSR count). The minimum atomic E-state index is -0.168. The Morgan fingerprint density at radius 3 is 2.67 bits per heavy atom. The molecule has 0 fully saturated rings. The molecule has 3 aromatic rings. The van der Waals surface area contributed by atoms with E-state index in [0.29, 0.717) is 25.4 Å². The Bertz CT molecular complexity index is 1070. The van der Waals surface area contributed by atoms with Crippen LogP contribution in [0.15, 0.2) is 72.8 Å². The molecule has 0 radical (unpaired) electrons. The van der Waals surface area contributed by atoms with E-state index in [4.69, 9.17) is 4.74 Å². The molecule has 2 aliphatic heterocycles. The fraction of sp³-hybridized carbons (Fsp3) is 0.240. The smallest absolute Gasteiger partial charge is 0.241 e. The molecule has 5 heteroatoms. The number of nitrogens with zero attached hydrogens (tertiary/aromatic N) is 2. The highest BCUT2D eigenvalue weighted by Crippen LogP contribution is 2.39. The number of fused-ring (bicyclic) bond motifs is 2. The Balaban J connectivity index is 1.43. The number of phenolic OH excluding ortho intramolecular Hbond substituents is 1. The van der Waals surface area contributed by atoms with Crippen LogP contribution in [0.4, 0.5) is 5.69 Å². The molecule has 2 aliphatic rings. The van der Waals surface area contributed by atoms with Crippen LogP contribution >= 0.6 is 0 Å². The van der Waals surface area contributed by atoms with Crippen LogP contribution in [0, 0.1) is 0 Å². The first-order valence-electron chi connectivity index (χ1n) is 10.3. The first-order chi connectivity index (χ1) is 14.7. The zero-order valence-electron chi connectivity index (χ0n) is 16.7. The molecule has 0 saturated heterocycles. The van der Waals surface area contributed by atoms with Gasteiger partial charge in [0.05, 0.1) is 18.3 Å². The lowest BCUT2D eigenvalue weighted by Gasteiger charge is -2.39. The van der Waals surface area contributed by atoms with E-state index in [1.165, 1.54) is 0 Å². The molecule has 0 spiro atoms. The maximum atomic E-state index is 13.6. The summed E-state index contributed by atoms with van der Waals surface area (Å²) in [5, 5.41) is 10.2. The van der Waals surface area contributed by atoms with Crippen LogP contribution < -0.4 is 9.64 Å². The molecule has 5 nitrogen and oxygen atoms in total. The highest BCUT2D eigenvalue weighted by atomic mass is 16.5. The lowest BCUT2D eigenvalue weighted by molar-refractivity contribution is -0.120. The third-order valence-corrected chi connectivity index (χ3v) is 5.97. The summed E-state index contributed by atoms with van der Waals surface area (Å²) in [6.45, 7) is 2.10. The number of anilines is 1. The Hall–Kier alpha value is -3.31. The Kier molecular flexibility index (Phi) is 4.89. The van der Waals surface area contributed by atoms with Gasteiger partial charge in [0.1, 0.15) is 18.1 Å². The van der Waals surface area contributed by atoms with Crippen molar-refractivity contribution in [3.63, 3.8) is 0 Å². The molecular weight excluding hydrogens is 376 g/mol. The maximum absolute atomic E-state index is 13.6. The Morgan fingerprint density at radius 1 is 1.00 bits per heavy atom. The number of para-hydroxylation sites is 2. The number of aromatic hydroxyl groups is 1. The molecule has 0 saturated carbocycles. The first-order valence-corrected chi connectivity index (χ1v) is 10.3. The summed E-state index contributed by atoms with van der Waals surface area (Å²) >= 11 is 0. The van der Waals surface area contributed by atoms with Crippen LogP contribution in [0.1, 0.15) is 22.7 Å². The number of rotatable bonds is 3. The highest BCUT2D eigenvalue weighted by molar-refractivity contribution is 5.97. The van der Waals surface area contributed by atoms with Crippen molar-refractivity contribution in [1.82, 2.24) is 4.90 Å². The molecule has 1 amide bonds. The SMILES string of the molecule is O=C(CN1CCc2cccc(O)c2C1)N1c2ccccc2OCC1c1ccccc1. The monoisotopic (exact) mass is 400 g/mol. The van der Waals surface area contributed by atoms with Gasteiger partial charge in [-0.05, 0) is 35.7 Å². The van der Waals surface area contributed by atoms with Gasteiger partial charge in [-0.1, -0.05) is 54.6 Å². The van der Waals surface area contributed by atoms with Crippen molar-refractivity contribution in [2.45, 2.75) is 19.0 Å². The molecule has 2 heterocycles. The largest absolute Gasteiger partial charge is 0.508 e. The number of hydrogen-bond donors (Lipinski definition) is 1. The normalized spacial score (nSPS) is 18.3. The molecule has 0 aromatic heterocycles. The topological polar surface area (TPSA) is 53.0 Å². The summed E-state index contributed by atoms with van der Waals surface area (Å²) in [6.07, 6.45) is 0.832. The predicted molar refractivity (Wildman–Crippen MR) is 116 cm³/mol. The number of amides is 1. The Labute approximate surface area is 176 Å². The van der Waals surface area contributed by atoms with Gasteiger partial charge in [-0.25, -0.2) is 0 Å². The van der Waals surface area contributed by atoms with Crippen LogP contribution in [0.25, 0.3) is 0 Å². The van der Waals surface area contributed by atoms with Crippen molar-refractivity contribution < 1.29 is 14.6 Å². The van der Waals surface area contributed by atoms with E-state index in [1.807, 2.05) is 65.6 Å². The second kappa shape index (κ2) is 7.84. The molecule has 152 valence electrons. The van der Waals surface area contributed by atoms with Crippen molar-refractivity contribution in [2.24, 2.45) is 0 Å². The molecule has 0 aliphatic carbocycles. The van der Waals surface area contributed by atoms with Crippen LogP contribution in [0.5, 0.6) is 11.5 Å². The summed E-state index contributed by atoms with van der Waals surface area (Å²) in [4.78, 5) is 17.6. The molecular formula is C25H24N2O3. The molecule has 1 N–H and O–H groups in total. The summed E-state index contributed by atoms with van der Waals surface area (Å²) in [5.41, 5.74) is 3.96. The number of carbonyl (C=O) groups excluding carboxylic acids is 1. The van der Waals surface area contributed by atoms with Gasteiger partial charge in [0.2, 0.25) is 5.91 Å². The van der Waals surface area contributed by atoms with Crippen molar-refractivity contribution >= 4 is 11.6 Å². The fourth-order valence-corrected chi connectivity index (χ4v) is 4.44. The average Bonchev–Trinajstić information content (AvgIpc) is 2.79. The van der Waals surface area contributed by atoms with Gasteiger partial charge in [-0.15, -0.1) is 0 Å². The third kappa shape index (κ3) is 3.42. The van der Waals surface area contributed by atoms with E-state index in [-0.39, 0.29) is 11.9 Å². The van der Waals surface area contributed by atoms with Gasteiger partial charge in [0.25, 0.3) is 0 Å². The molecule has 1 unspecified atom stereocenters. The number of hydrogen-bond acceptors (Lipinski definition) is 4. The maximum Gasteiger partial charge on any atom is 0.241 e. The van der Waals surface area contributed by atoms with Crippen LogP contribution in [0.2, 0.25) is 0 Å². The predicted octanol–water partition coefficient (Wildman–Crippen LogP) is 3.92. The second-order valence-corrected chi connectivity index (χ2v) is 7.84. The molecule has 1 atom stereocenters. The second-order valence-electron chi connectivity index (χ2n) is 7.84. The van der Waals surface area contributed by atoms with Gasteiger partial charge in [-0.3, -0.25) is 14.6 Å². The van der Waals surface area contributed by atoms with Gasteiger partial charge >= 0.3 is 0 Å². The fourth-order valence-electron chi connectivity index (χ4n) is 4.44. The van der Waals surface area contributed by atoms with Crippen LogP contribution in [-0.2, 0) is 17.8 Å². The zero-order valence-corrected chi connectivity index (χ0v) is 16.7. The summed E-state index contributed by atoms with van der Waals surface area (Å²) in [5.74, 6) is 1.08. The van der Waals surface area contributed by atoms with E-state index in [2.05, 4.69) is 11.0 Å². The van der Waals surface area contributed by atoms with Crippen LogP contribution in [0.3, 0.4) is 0 Å². The lowest BCUT2D eigenvalue weighted by atomic mass is 9.98. The van der Waals surface area contributed by atoms with Gasteiger partial charge in [0.15, 0.2) is 0 Å². The minimum Gasteiger partial charge on any atom is -0.508 e. The number of ether oxygens (including phenoxy) is 1. The summed E-state index contributed by atoms with van der Waals surface area (Å²) in [7, 11) is 0. The van der Waals surface area contributed by atoms with E-state index < -0.39 is 0 Å². The minimum absolute atomic E-state index is 0.0403. The third-order valence-electron chi connectivity index (χ3n) is 5.97. The summed E-state index contributed by atoms with van der Waals surface area (Å²) < 4.78 is 5.98. The quantitative estimate of drug-likeness (QED) is 0.724. The number of phenols is 1. The van der Waals surface area contributed by atoms with Crippen molar-refractivity contribution in [3.8, 4) is 11.5 Å². The highest BCUT2D eigenvalue weighted by Gasteiger charge is 2.34. The molecule has 3 aromatic carbocycles. The lowest BCUT2D eigenvalue weighted by Crippen LogP contribution is -2.47. The molecule has 30 heavy (non-hydrogen) atoms. The van der Waals surface area contributed by atoms with E-state index >= 15 is 0 Å². The Morgan fingerprint density at radius 2 is 1.80 bits per heavy atom. The first kappa shape index (κ1) is 18.7. The van der Waals surface area contributed by atoms with Crippen molar-refractivity contribution in [1.29, 1.82) is 0 Å². The van der Waals surface area contributed by atoms with E-state index in [0.717, 1.165) is 41.1 Å². The summed E-state index contributed by atoms with van der Waals surface area (Å²) in [6, 6.07) is 23.2. The number of carbonyl (C=O) groups is 1. The average molecular weight is 400 g/mol. The van der Waals surface area contributed by atoms with Gasteiger partial charge in [0, 0.05) is 18.7 Å². The zero-order chi connectivity index (χ0) is 20.5. The molecule has 0 bridgehead atoms. The van der Waals surface area contributed by atoms with Crippen LogP contribution in [-0.4, -0.2) is 35.6 Å². The van der Waals surface area contributed by atoms with Gasteiger partial charge in [-0.2, -0.15) is 0 Å². The van der Waals surface area contributed by atoms with E-state index in [1.54, 1.807) is 6.07 Å². The number of benzene rings is 3. The van der Waals surface area contributed by atoms with E-state index in [9.17, 15) is 9.90 Å². The van der Waals surface area contributed by atoms with Gasteiger partial charge < -0.3 is 9.84 Å². The standard InChI is InChI=1S/C25H24N2O3/c28-23-11-6-9-18-13-14-26(15-20(18)23)16-25(29)27-21-10-4-5-12-24(21)30-17-22(27)19-7-2-1-3-8-19/h1-12,22,28H,13-17H2. The van der Waals surface area contributed by atoms with Crippen molar-refractivity contribution in [2.75, 3.05) is 24.6 Å².